The van der Waals surface area contributed by atoms with Gasteiger partial charge in [0, 0.05) is 17.3 Å². The summed E-state index contributed by atoms with van der Waals surface area (Å²) in [5.74, 6) is 0. The normalized spacial score (nSPS) is 13.5. The molecule has 3 N–H and O–H groups in total. The van der Waals surface area contributed by atoms with Gasteiger partial charge in [0.25, 0.3) is 0 Å². The van der Waals surface area contributed by atoms with Crippen LogP contribution >= 0.6 is 63.5 Å². The Morgan fingerprint density at radius 3 is 2.52 bits per heavy atom. The summed E-state index contributed by atoms with van der Waals surface area (Å²) in [7, 11) is 0. The summed E-state index contributed by atoms with van der Waals surface area (Å²) in [6.45, 7) is 1.80. The molecule has 0 radical (unpaired) electrons. The summed E-state index contributed by atoms with van der Waals surface area (Å²) in [4.78, 5) is 32.6. The first-order chi connectivity index (χ1) is 10.4. The average molecular weight is 458 g/mol. The van der Waals surface area contributed by atoms with Crippen LogP contribution < -0.4 is 5.32 Å². The van der Waals surface area contributed by atoms with Crippen molar-refractivity contribution in [2.45, 2.75) is 16.1 Å². The summed E-state index contributed by atoms with van der Waals surface area (Å²) >= 11 is 28.5. The number of amides is 2. The van der Waals surface area contributed by atoms with Gasteiger partial charge in [-0.3, -0.25) is 0 Å². The fourth-order valence-corrected chi connectivity index (χ4v) is 6.17. The van der Waals surface area contributed by atoms with E-state index in [4.69, 9.17) is 46.4 Å². The Balaban J connectivity index is 3.02. The van der Waals surface area contributed by atoms with Gasteiger partial charge in [-0.15, -0.1) is 0 Å². The van der Waals surface area contributed by atoms with Gasteiger partial charge in [-0.25, -0.2) is 4.79 Å². The number of nitrogens with zero attached hydrogens (tertiary/aromatic N) is 1. The number of benzene rings is 1. The number of nitrogens with one attached hydrogen (secondary N) is 1. The van der Waals surface area contributed by atoms with E-state index >= 15 is 0 Å². The first-order valence-corrected chi connectivity index (χ1v) is 11.8. The van der Waals surface area contributed by atoms with Crippen LogP contribution in [0.1, 0.15) is 6.92 Å². The molecule has 1 atom stereocenters. The third kappa shape index (κ3) is 7.55. The molecule has 1 unspecified atom stereocenters. The van der Waals surface area contributed by atoms with Crippen LogP contribution in [0.15, 0.2) is 24.3 Å². The number of rotatable bonds is 5. The Morgan fingerprint density at radius 1 is 1.48 bits per heavy atom. The number of carbonyl (C=O) groups excluding carboxylic acids is 1. The highest BCUT2D eigenvalue weighted by molar-refractivity contribution is 8.67. The van der Waals surface area contributed by atoms with Crippen LogP contribution in [-0.2, 0) is 11.8 Å². The minimum Gasteiger partial charge on any atom is -0.338 e. The lowest BCUT2D eigenvalue weighted by atomic mass is 10.3. The van der Waals surface area contributed by atoms with Crippen LogP contribution in [0.3, 0.4) is 0 Å². The number of alkyl halides is 3. The Labute approximate surface area is 163 Å². The third-order valence-corrected chi connectivity index (χ3v) is 7.00. The van der Waals surface area contributed by atoms with E-state index in [-0.39, 0.29) is 6.54 Å². The lowest BCUT2D eigenvalue weighted by Gasteiger charge is -2.35. The maximum Gasteiger partial charge on any atom is 0.322 e. The lowest BCUT2D eigenvalue weighted by Crippen LogP contribution is -2.47. The first-order valence-electron chi connectivity index (χ1n) is 6.08. The summed E-state index contributed by atoms with van der Waals surface area (Å²) in [5, 5.41) is 1.86. The molecule has 0 heterocycles. The number of hydrogen-bond donors (Lipinski definition) is 3. The highest BCUT2D eigenvalue weighted by Crippen LogP contribution is 2.58. The van der Waals surface area contributed by atoms with E-state index < -0.39 is 20.9 Å². The van der Waals surface area contributed by atoms with Crippen molar-refractivity contribution in [3.63, 3.8) is 0 Å². The van der Waals surface area contributed by atoms with Crippen molar-refractivity contribution in [3.05, 3.63) is 29.3 Å². The zero-order valence-electron chi connectivity index (χ0n) is 11.6. The second-order valence-corrected chi connectivity index (χ2v) is 13.0. The molecule has 0 fully saturated rings. The zero-order chi connectivity index (χ0) is 17.8. The summed E-state index contributed by atoms with van der Waals surface area (Å²) in [6.07, 6.45) is 0. The molecular weight excluding hydrogens is 445 g/mol. The van der Waals surface area contributed by atoms with Crippen molar-refractivity contribution in [2.24, 2.45) is 0 Å². The van der Waals surface area contributed by atoms with Gasteiger partial charge in [-0.1, -0.05) is 52.5 Å². The number of halogens is 4. The molecule has 5 nitrogen and oxygen atoms in total. The SMILES string of the molecule is CCN(C(=O)Nc1cccc(Cl)c1)C(SP(O)(O)=S)C(Cl)(Cl)Cl. The van der Waals surface area contributed by atoms with Crippen LogP contribution in [0.5, 0.6) is 0 Å². The number of hydrogen-bond acceptors (Lipinski definition) is 3. The van der Waals surface area contributed by atoms with Crippen LogP contribution in [0, 0.1) is 0 Å². The summed E-state index contributed by atoms with van der Waals surface area (Å²) in [5.41, 5.74) is -3.32. The maximum absolute atomic E-state index is 12.4. The Morgan fingerprint density at radius 2 is 2.09 bits per heavy atom. The molecule has 1 rings (SSSR count). The Kier molecular flexibility index (Phi) is 8.26. The molecule has 0 aromatic heterocycles. The molecule has 1 aromatic carbocycles. The molecule has 0 spiro atoms. The minimum absolute atomic E-state index is 0.146. The standard InChI is InChI=1S/C11H13Cl4N2O3PS2/c1-2-17(9(11(13,14)15)23-21(19,20)22)10(18)16-8-5-3-4-7(12)6-8/h3-6,9H,2H2,1H3,(H,16,18)(H2,19,20,22). The topological polar surface area (TPSA) is 72.8 Å². The van der Waals surface area contributed by atoms with Gasteiger partial charge in [-0.05, 0) is 48.3 Å². The highest BCUT2D eigenvalue weighted by Gasteiger charge is 2.42. The quantitative estimate of drug-likeness (QED) is 0.335. The molecule has 0 aliphatic heterocycles. The van der Waals surface area contributed by atoms with E-state index in [1.54, 1.807) is 31.2 Å². The minimum atomic E-state index is -3.76. The second kappa shape index (κ2) is 8.79. The van der Waals surface area contributed by atoms with E-state index in [1.807, 2.05) is 0 Å². The average Bonchev–Trinajstić information content (AvgIpc) is 2.35. The van der Waals surface area contributed by atoms with Crippen molar-refractivity contribution in [1.29, 1.82) is 0 Å². The largest absolute Gasteiger partial charge is 0.338 e. The molecule has 0 bridgehead atoms. The monoisotopic (exact) mass is 456 g/mol. The molecule has 12 heteroatoms. The molecule has 130 valence electrons. The van der Waals surface area contributed by atoms with Crippen molar-refractivity contribution in [3.8, 4) is 0 Å². The van der Waals surface area contributed by atoms with E-state index in [0.717, 1.165) is 4.90 Å². The zero-order valence-corrected chi connectivity index (χ0v) is 17.2. The lowest BCUT2D eigenvalue weighted by molar-refractivity contribution is 0.210. The van der Waals surface area contributed by atoms with Gasteiger partial charge in [0.1, 0.15) is 5.37 Å². The Bertz CT molecular complexity index is 611. The van der Waals surface area contributed by atoms with Crippen LogP contribution in [-0.4, -0.2) is 36.4 Å². The predicted molar refractivity (Wildman–Crippen MR) is 103 cm³/mol. The molecule has 0 aliphatic carbocycles. The van der Waals surface area contributed by atoms with Crippen molar-refractivity contribution in [2.75, 3.05) is 11.9 Å². The van der Waals surface area contributed by atoms with Gasteiger partial charge >= 0.3 is 6.03 Å². The molecular formula is C11H13Cl4N2O3PS2. The van der Waals surface area contributed by atoms with Gasteiger partial charge in [0.2, 0.25) is 9.49 Å². The molecule has 0 aliphatic rings. The molecule has 1 aromatic rings. The van der Waals surface area contributed by atoms with Gasteiger partial charge < -0.3 is 20.0 Å². The maximum atomic E-state index is 12.4. The molecule has 0 saturated carbocycles. The van der Waals surface area contributed by atoms with E-state index in [1.165, 1.54) is 0 Å². The molecule has 0 saturated heterocycles. The molecule has 2 amide bonds. The van der Waals surface area contributed by atoms with Gasteiger partial charge in [-0.2, -0.15) is 0 Å². The van der Waals surface area contributed by atoms with Crippen LogP contribution in [0.2, 0.25) is 5.02 Å². The predicted octanol–water partition coefficient (Wildman–Crippen LogP) is 4.83. The second-order valence-electron chi connectivity index (χ2n) is 4.22. The smallest absolute Gasteiger partial charge is 0.322 e. The van der Waals surface area contributed by atoms with Crippen LogP contribution in [0.4, 0.5) is 10.5 Å². The Hall–Kier alpha value is 0.570. The van der Waals surface area contributed by atoms with Crippen LogP contribution in [0.25, 0.3) is 0 Å². The van der Waals surface area contributed by atoms with Crippen molar-refractivity contribution in [1.82, 2.24) is 4.90 Å². The highest BCUT2D eigenvalue weighted by atomic mass is 35.6. The number of carbonyl (C=O) groups is 1. The van der Waals surface area contributed by atoms with Crippen molar-refractivity contribution >= 4 is 87.0 Å². The van der Waals surface area contributed by atoms with Gasteiger partial charge in [0.15, 0.2) is 0 Å². The molecule has 23 heavy (non-hydrogen) atoms. The third-order valence-electron chi connectivity index (χ3n) is 2.48. The number of urea groups is 1. The summed E-state index contributed by atoms with van der Waals surface area (Å²) < 4.78 is -1.97. The number of anilines is 1. The van der Waals surface area contributed by atoms with Crippen molar-refractivity contribution < 1.29 is 14.6 Å². The fourth-order valence-electron chi connectivity index (χ4n) is 1.60. The summed E-state index contributed by atoms with van der Waals surface area (Å²) in [6, 6.07) is 5.91. The van der Waals surface area contributed by atoms with E-state index in [2.05, 4.69) is 17.1 Å². The first kappa shape index (κ1) is 21.6. The fraction of sp³-hybridized carbons (Fsp3) is 0.364. The van der Waals surface area contributed by atoms with E-state index in [0.29, 0.717) is 22.1 Å². The van der Waals surface area contributed by atoms with Gasteiger partial charge in [0.05, 0.1) is 0 Å². The van der Waals surface area contributed by atoms with E-state index in [9.17, 15) is 14.6 Å².